The summed E-state index contributed by atoms with van der Waals surface area (Å²) < 4.78 is 48.3. The predicted molar refractivity (Wildman–Crippen MR) is 110 cm³/mol. The van der Waals surface area contributed by atoms with Crippen molar-refractivity contribution in [2.45, 2.75) is 25.6 Å². The summed E-state index contributed by atoms with van der Waals surface area (Å²) in [5.74, 6) is -1.34. The third-order valence-corrected chi connectivity index (χ3v) is 6.83. The predicted octanol–water partition coefficient (Wildman–Crippen LogP) is 5.47. The number of aryl methyl sites for hydroxylation is 1. The minimum Gasteiger partial charge on any atom is -0.490 e. The summed E-state index contributed by atoms with van der Waals surface area (Å²) in [7, 11) is -3.83. The van der Waals surface area contributed by atoms with Gasteiger partial charge in [0.1, 0.15) is 5.76 Å². The number of aromatic nitrogens is 1. The first-order valence-corrected chi connectivity index (χ1v) is 11.6. The van der Waals surface area contributed by atoms with Crippen LogP contribution in [0.4, 0.5) is 4.39 Å². The Hall–Kier alpha value is -2.51. The molecule has 1 atom stereocenters. The monoisotopic (exact) mass is 446 g/mol. The maximum absolute atomic E-state index is 14.5. The Morgan fingerprint density at radius 1 is 1.16 bits per heavy atom. The lowest BCUT2D eigenvalue weighted by molar-refractivity contribution is 0.0725. The molecule has 0 bridgehead atoms. The van der Waals surface area contributed by atoms with Crippen LogP contribution in [0.15, 0.2) is 52.9 Å². The highest BCUT2D eigenvalue weighted by Crippen LogP contribution is 2.61. The van der Waals surface area contributed by atoms with E-state index in [0.717, 1.165) is 17.3 Å². The highest BCUT2D eigenvalue weighted by molar-refractivity contribution is 7.54. The molecule has 2 heterocycles. The second-order valence-electron chi connectivity index (χ2n) is 7.09. The van der Waals surface area contributed by atoms with E-state index in [1.807, 2.05) is 37.3 Å². The zero-order valence-corrected chi connectivity index (χ0v) is 17.8. The van der Waals surface area contributed by atoms with E-state index in [1.54, 1.807) is 0 Å². The maximum Gasteiger partial charge on any atom is 0.367 e. The normalized spacial score (nSPS) is 16.7. The van der Waals surface area contributed by atoms with E-state index < -0.39 is 19.3 Å². The van der Waals surface area contributed by atoms with Crippen molar-refractivity contribution in [3.05, 3.63) is 71.4 Å². The van der Waals surface area contributed by atoms with Gasteiger partial charge in [-0.25, -0.2) is 14.5 Å². The van der Waals surface area contributed by atoms with Crippen LogP contribution in [0.5, 0.6) is 5.75 Å². The molecule has 9 heteroatoms. The zero-order chi connectivity index (χ0) is 21.8. The van der Waals surface area contributed by atoms with Gasteiger partial charge in [-0.2, -0.15) is 0 Å². The Labute approximate surface area is 179 Å². The molecule has 0 N–H and O–H groups in total. The number of ether oxygens (including phenoxy) is 1. The second kappa shape index (κ2) is 9.32. The summed E-state index contributed by atoms with van der Waals surface area (Å²) in [5.41, 5.74) is 1.59. The van der Waals surface area contributed by atoms with Crippen LogP contribution in [0.2, 0.25) is 0 Å². The molecule has 7 nitrogen and oxygen atoms in total. The number of halogens is 1. The van der Waals surface area contributed by atoms with Crippen molar-refractivity contribution in [2.75, 3.05) is 19.8 Å². The molecule has 1 aliphatic heterocycles. The largest absolute Gasteiger partial charge is 0.490 e. The number of oxazole rings is 1. The molecule has 163 valence electrons. The van der Waals surface area contributed by atoms with Gasteiger partial charge in [0.15, 0.2) is 11.6 Å². The average Bonchev–Trinajstić information content (AvgIpc) is 3.16. The molecule has 1 aromatic heterocycles. The van der Waals surface area contributed by atoms with E-state index in [-0.39, 0.29) is 31.1 Å². The summed E-state index contributed by atoms with van der Waals surface area (Å²) in [5, 5.41) is 12.5. The molecule has 1 unspecified atom stereocenters. The van der Waals surface area contributed by atoms with Gasteiger partial charge in [0.25, 0.3) is 0 Å². The van der Waals surface area contributed by atoms with Crippen molar-refractivity contribution < 1.29 is 32.3 Å². The molecule has 1 saturated heterocycles. The van der Waals surface area contributed by atoms with Crippen LogP contribution >= 0.6 is 7.60 Å². The molecule has 4 rings (SSSR count). The average molecular weight is 446 g/mol. The maximum atomic E-state index is 14.5. The van der Waals surface area contributed by atoms with Crippen LogP contribution in [-0.2, 0) is 25.1 Å². The first-order chi connectivity index (χ1) is 15.0. The van der Waals surface area contributed by atoms with Crippen LogP contribution in [0, 0.1) is 12.7 Å². The van der Waals surface area contributed by atoms with Gasteiger partial charge >= 0.3 is 7.60 Å². The second-order valence-corrected chi connectivity index (χ2v) is 9.15. The summed E-state index contributed by atoms with van der Waals surface area (Å²) >= 11 is 0. The molecule has 1 fully saturated rings. The van der Waals surface area contributed by atoms with Gasteiger partial charge < -0.3 is 18.2 Å². The molecule has 1 aliphatic rings. The SMILES string of the molecule is Cc1oc(-c2ccccc2)nc1CCOc1ccc(C([O])P2(=O)OCCCO2)cc1F. The Morgan fingerprint density at radius 3 is 2.61 bits per heavy atom. The number of nitrogens with zero attached hydrogens (tertiary/aromatic N) is 1. The zero-order valence-electron chi connectivity index (χ0n) is 17.0. The molecule has 0 spiro atoms. The first-order valence-electron chi connectivity index (χ1n) is 9.95. The van der Waals surface area contributed by atoms with Crippen LogP contribution in [0.3, 0.4) is 0 Å². The minimum absolute atomic E-state index is 0.00469. The molecule has 2 aromatic carbocycles. The molecule has 3 aromatic rings. The van der Waals surface area contributed by atoms with Gasteiger partial charge in [-0.15, -0.1) is 0 Å². The molecule has 1 radical (unpaired) electrons. The van der Waals surface area contributed by atoms with Gasteiger partial charge in [-0.3, -0.25) is 4.57 Å². The van der Waals surface area contributed by atoms with Gasteiger partial charge in [-0.05, 0) is 43.2 Å². The van der Waals surface area contributed by atoms with Gasteiger partial charge in [0.2, 0.25) is 11.7 Å². The number of hydrogen-bond acceptors (Lipinski definition) is 6. The van der Waals surface area contributed by atoms with Gasteiger partial charge in [0.05, 0.1) is 25.5 Å². The van der Waals surface area contributed by atoms with E-state index >= 15 is 0 Å². The Bertz CT molecular complexity index is 1080. The van der Waals surface area contributed by atoms with Crippen LogP contribution in [0.1, 0.15) is 29.3 Å². The summed E-state index contributed by atoms with van der Waals surface area (Å²) in [4.78, 5) is 4.49. The standard InChI is InChI=1S/C22H22FNO6P/c1-15-19(24-21(30-15)16-6-3-2-4-7-16)10-13-27-20-9-8-17(14-18(20)23)22(25)31(26)28-11-5-12-29-31/h2-4,6-9,14,22H,5,10-13H2,1H3. The first kappa shape index (κ1) is 21.7. The molecule has 31 heavy (non-hydrogen) atoms. The van der Waals surface area contributed by atoms with E-state index in [0.29, 0.717) is 24.5 Å². The molecule has 0 amide bonds. The third kappa shape index (κ3) is 4.88. The number of hydrogen-bond donors (Lipinski definition) is 0. The smallest absolute Gasteiger partial charge is 0.367 e. The molecular weight excluding hydrogens is 424 g/mol. The van der Waals surface area contributed by atoms with Gasteiger partial charge in [-0.1, -0.05) is 24.3 Å². The van der Waals surface area contributed by atoms with E-state index in [1.165, 1.54) is 12.1 Å². The van der Waals surface area contributed by atoms with Gasteiger partial charge in [0, 0.05) is 12.0 Å². The molecule has 0 saturated carbocycles. The quantitative estimate of drug-likeness (QED) is 0.447. The van der Waals surface area contributed by atoms with Crippen molar-refractivity contribution in [2.24, 2.45) is 0 Å². The van der Waals surface area contributed by atoms with Crippen LogP contribution < -0.4 is 4.74 Å². The van der Waals surface area contributed by atoms with Crippen molar-refractivity contribution in [1.82, 2.24) is 4.98 Å². The Balaban J connectivity index is 1.38. The summed E-state index contributed by atoms with van der Waals surface area (Å²) in [6.45, 7) is 2.36. The Morgan fingerprint density at radius 2 is 1.90 bits per heavy atom. The lowest BCUT2D eigenvalue weighted by atomic mass is 10.2. The highest BCUT2D eigenvalue weighted by Gasteiger charge is 2.39. The topological polar surface area (TPSA) is 90.7 Å². The van der Waals surface area contributed by atoms with E-state index in [9.17, 15) is 14.1 Å². The Kier molecular flexibility index (Phi) is 6.53. The molecular formula is C22H22FNO6P. The summed E-state index contributed by atoms with van der Waals surface area (Å²) in [6, 6.07) is 13.3. The van der Waals surface area contributed by atoms with Crippen molar-refractivity contribution in [3.63, 3.8) is 0 Å². The van der Waals surface area contributed by atoms with E-state index in [4.69, 9.17) is 18.2 Å². The lowest BCUT2D eigenvalue weighted by Gasteiger charge is -2.25. The van der Waals surface area contributed by atoms with E-state index in [2.05, 4.69) is 4.98 Å². The number of rotatable bonds is 7. The van der Waals surface area contributed by atoms with Crippen LogP contribution in [-0.4, -0.2) is 24.8 Å². The van der Waals surface area contributed by atoms with Crippen molar-refractivity contribution in [3.8, 4) is 17.2 Å². The van der Waals surface area contributed by atoms with Crippen LogP contribution in [0.25, 0.3) is 11.5 Å². The fourth-order valence-corrected chi connectivity index (χ4v) is 4.85. The lowest BCUT2D eigenvalue weighted by Crippen LogP contribution is -2.13. The summed E-state index contributed by atoms with van der Waals surface area (Å²) in [6.07, 6.45) is 0.986. The number of benzene rings is 2. The highest BCUT2D eigenvalue weighted by atomic mass is 31.2. The fourth-order valence-electron chi connectivity index (χ4n) is 3.21. The fraction of sp³-hybridized carbons (Fsp3) is 0.318. The van der Waals surface area contributed by atoms with Crippen molar-refractivity contribution >= 4 is 7.60 Å². The molecule has 0 aliphatic carbocycles. The van der Waals surface area contributed by atoms with Crippen molar-refractivity contribution in [1.29, 1.82) is 0 Å². The minimum atomic E-state index is -3.83. The third-order valence-electron chi connectivity index (χ3n) is 4.87.